The Bertz CT molecular complexity index is 381. The fourth-order valence-electron chi connectivity index (χ4n) is 1.21. The SMILES string of the molecule is COCC(C)Sc1cc(C(=O)O)ccc1F. The van der Waals surface area contributed by atoms with E-state index in [1.807, 2.05) is 6.92 Å². The van der Waals surface area contributed by atoms with Crippen LogP contribution in [0.5, 0.6) is 0 Å². The van der Waals surface area contributed by atoms with Gasteiger partial charge in [-0.3, -0.25) is 0 Å². The van der Waals surface area contributed by atoms with Gasteiger partial charge in [0.05, 0.1) is 12.2 Å². The lowest BCUT2D eigenvalue weighted by Crippen LogP contribution is -2.06. The molecule has 0 saturated carbocycles. The average Bonchev–Trinajstić information content (AvgIpc) is 2.21. The normalized spacial score (nSPS) is 12.4. The first-order valence-electron chi connectivity index (χ1n) is 4.73. The molecule has 0 saturated heterocycles. The fourth-order valence-corrected chi connectivity index (χ4v) is 2.23. The summed E-state index contributed by atoms with van der Waals surface area (Å²) in [6, 6.07) is 3.77. The van der Waals surface area contributed by atoms with Gasteiger partial charge in [0.1, 0.15) is 5.82 Å². The number of halogens is 1. The van der Waals surface area contributed by atoms with Crippen molar-refractivity contribution in [3.05, 3.63) is 29.6 Å². The summed E-state index contributed by atoms with van der Waals surface area (Å²) in [6.45, 7) is 2.38. The third kappa shape index (κ3) is 3.50. The number of carboxylic acids is 1. The van der Waals surface area contributed by atoms with Gasteiger partial charge in [-0.25, -0.2) is 9.18 Å². The molecule has 88 valence electrons. The lowest BCUT2D eigenvalue weighted by Gasteiger charge is -2.10. The smallest absolute Gasteiger partial charge is 0.335 e. The van der Waals surface area contributed by atoms with Gasteiger partial charge in [0.15, 0.2) is 0 Å². The van der Waals surface area contributed by atoms with Gasteiger partial charge in [-0.15, -0.1) is 11.8 Å². The number of rotatable bonds is 5. The van der Waals surface area contributed by atoms with E-state index in [1.165, 1.54) is 30.0 Å². The Morgan fingerprint density at radius 1 is 1.62 bits per heavy atom. The summed E-state index contributed by atoms with van der Waals surface area (Å²) < 4.78 is 18.3. The van der Waals surface area contributed by atoms with Gasteiger partial charge in [0, 0.05) is 17.3 Å². The molecule has 1 aromatic rings. The van der Waals surface area contributed by atoms with Crippen molar-refractivity contribution < 1.29 is 19.0 Å². The molecule has 0 aromatic heterocycles. The van der Waals surface area contributed by atoms with Crippen LogP contribution in [0.1, 0.15) is 17.3 Å². The molecule has 0 fully saturated rings. The molecule has 0 aliphatic carbocycles. The summed E-state index contributed by atoms with van der Waals surface area (Å²) in [5.74, 6) is -1.46. The summed E-state index contributed by atoms with van der Waals surface area (Å²) >= 11 is 1.26. The van der Waals surface area contributed by atoms with Crippen LogP contribution in [0.2, 0.25) is 0 Å². The van der Waals surface area contributed by atoms with Crippen molar-refractivity contribution in [3.63, 3.8) is 0 Å². The molecule has 0 aliphatic heterocycles. The highest BCUT2D eigenvalue weighted by Gasteiger charge is 2.12. The fraction of sp³-hybridized carbons (Fsp3) is 0.364. The Kier molecular flexibility index (Phi) is 4.76. The van der Waals surface area contributed by atoms with Crippen LogP contribution in [-0.4, -0.2) is 30.0 Å². The van der Waals surface area contributed by atoms with Crippen molar-refractivity contribution in [1.29, 1.82) is 0 Å². The molecular weight excluding hydrogens is 231 g/mol. The summed E-state index contributed by atoms with van der Waals surface area (Å²) in [7, 11) is 1.57. The zero-order chi connectivity index (χ0) is 12.1. The van der Waals surface area contributed by atoms with Crippen molar-refractivity contribution in [2.45, 2.75) is 17.1 Å². The zero-order valence-corrected chi connectivity index (χ0v) is 9.88. The second kappa shape index (κ2) is 5.86. The van der Waals surface area contributed by atoms with Crippen LogP contribution in [0.15, 0.2) is 23.1 Å². The molecule has 0 spiro atoms. The van der Waals surface area contributed by atoms with Gasteiger partial charge in [-0.05, 0) is 18.2 Å². The standard InChI is InChI=1S/C11H13FO3S/c1-7(6-15-2)16-10-5-8(11(13)14)3-4-9(10)12/h3-5,7H,6H2,1-2H3,(H,13,14). The predicted molar refractivity (Wildman–Crippen MR) is 60.6 cm³/mol. The number of methoxy groups -OCH3 is 1. The quantitative estimate of drug-likeness (QED) is 0.809. The van der Waals surface area contributed by atoms with Crippen LogP contribution < -0.4 is 0 Å². The summed E-state index contributed by atoms with van der Waals surface area (Å²) in [5, 5.41) is 8.85. The van der Waals surface area contributed by atoms with Crippen LogP contribution in [-0.2, 0) is 4.74 Å². The van der Waals surface area contributed by atoms with Crippen LogP contribution in [0, 0.1) is 5.82 Å². The third-order valence-corrected chi connectivity index (χ3v) is 3.01. The van der Waals surface area contributed by atoms with Crippen LogP contribution in [0.25, 0.3) is 0 Å². The summed E-state index contributed by atoms with van der Waals surface area (Å²) in [4.78, 5) is 11.1. The second-order valence-electron chi connectivity index (χ2n) is 3.33. The minimum Gasteiger partial charge on any atom is -0.478 e. The molecule has 1 N–H and O–H groups in total. The third-order valence-electron chi connectivity index (χ3n) is 1.91. The lowest BCUT2D eigenvalue weighted by atomic mass is 10.2. The number of carbonyl (C=O) groups is 1. The first kappa shape index (κ1) is 13.0. The van der Waals surface area contributed by atoms with Gasteiger partial charge in [0.25, 0.3) is 0 Å². The molecule has 3 nitrogen and oxygen atoms in total. The van der Waals surface area contributed by atoms with Gasteiger partial charge in [-0.2, -0.15) is 0 Å². The Morgan fingerprint density at radius 3 is 2.88 bits per heavy atom. The largest absolute Gasteiger partial charge is 0.478 e. The van der Waals surface area contributed by atoms with E-state index in [-0.39, 0.29) is 10.8 Å². The van der Waals surface area contributed by atoms with Crippen molar-refractivity contribution in [3.8, 4) is 0 Å². The van der Waals surface area contributed by atoms with E-state index >= 15 is 0 Å². The highest BCUT2D eigenvalue weighted by atomic mass is 32.2. The Labute approximate surface area is 97.6 Å². The van der Waals surface area contributed by atoms with E-state index in [1.54, 1.807) is 7.11 Å². The maximum absolute atomic E-state index is 13.4. The molecular formula is C11H13FO3S. The minimum absolute atomic E-state index is 0.0727. The topological polar surface area (TPSA) is 46.5 Å². The zero-order valence-electron chi connectivity index (χ0n) is 9.07. The number of thioether (sulfide) groups is 1. The number of ether oxygens (including phenoxy) is 1. The second-order valence-corrected chi connectivity index (χ2v) is 4.81. The maximum atomic E-state index is 13.4. The molecule has 0 bridgehead atoms. The molecule has 1 aromatic carbocycles. The van der Waals surface area contributed by atoms with E-state index in [0.717, 1.165) is 0 Å². The predicted octanol–water partition coefficient (Wildman–Crippen LogP) is 2.65. The average molecular weight is 244 g/mol. The van der Waals surface area contributed by atoms with Crippen molar-refractivity contribution in [2.24, 2.45) is 0 Å². The van der Waals surface area contributed by atoms with Gasteiger partial charge in [-0.1, -0.05) is 6.92 Å². The molecule has 0 amide bonds. The van der Waals surface area contributed by atoms with E-state index in [2.05, 4.69) is 0 Å². The van der Waals surface area contributed by atoms with Crippen LogP contribution in [0.3, 0.4) is 0 Å². The molecule has 0 radical (unpaired) electrons. The molecule has 1 atom stereocenters. The lowest BCUT2D eigenvalue weighted by molar-refractivity contribution is 0.0696. The highest BCUT2D eigenvalue weighted by Crippen LogP contribution is 2.27. The number of benzene rings is 1. The molecule has 1 rings (SSSR count). The summed E-state index contributed by atoms with van der Waals surface area (Å²) in [5.41, 5.74) is 0.0912. The highest BCUT2D eigenvalue weighted by molar-refractivity contribution is 8.00. The van der Waals surface area contributed by atoms with E-state index in [9.17, 15) is 9.18 Å². The number of carboxylic acid groups (broad SMARTS) is 1. The van der Waals surface area contributed by atoms with Gasteiger partial charge >= 0.3 is 5.97 Å². The van der Waals surface area contributed by atoms with Crippen molar-refractivity contribution >= 4 is 17.7 Å². The summed E-state index contributed by atoms with van der Waals surface area (Å²) in [6.07, 6.45) is 0. The van der Waals surface area contributed by atoms with E-state index in [4.69, 9.17) is 9.84 Å². The molecule has 0 heterocycles. The number of hydrogen-bond acceptors (Lipinski definition) is 3. The van der Waals surface area contributed by atoms with Crippen molar-refractivity contribution in [1.82, 2.24) is 0 Å². The van der Waals surface area contributed by atoms with Crippen molar-refractivity contribution in [2.75, 3.05) is 13.7 Å². The van der Waals surface area contributed by atoms with Crippen LogP contribution >= 0.6 is 11.8 Å². The van der Waals surface area contributed by atoms with Gasteiger partial charge < -0.3 is 9.84 Å². The first-order valence-corrected chi connectivity index (χ1v) is 5.61. The van der Waals surface area contributed by atoms with Gasteiger partial charge in [0.2, 0.25) is 0 Å². The number of hydrogen-bond donors (Lipinski definition) is 1. The maximum Gasteiger partial charge on any atom is 0.335 e. The van der Waals surface area contributed by atoms with E-state index in [0.29, 0.717) is 11.5 Å². The van der Waals surface area contributed by atoms with Crippen LogP contribution in [0.4, 0.5) is 4.39 Å². The van der Waals surface area contributed by atoms with E-state index < -0.39 is 11.8 Å². The Hall–Kier alpha value is -1.07. The Balaban J connectivity index is 2.85. The monoisotopic (exact) mass is 244 g/mol. The molecule has 1 unspecified atom stereocenters. The Morgan fingerprint density at radius 2 is 2.31 bits per heavy atom. The minimum atomic E-state index is -1.05. The first-order chi connectivity index (χ1) is 7.54. The molecule has 5 heteroatoms. The molecule has 16 heavy (non-hydrogen) atoms. The number of aromatic carboxylic acids is 1. The molecule has 0 aliphatic rings.